The fourth-order valence-corrected chi connectivity index (χ4v) is 5.02. The van der Waals surface area contributed by atoms with Crippen molar-refractivity contribution in [1.82, 2.24) is 16.0 Å². The number of anilines is 1. The highest BCUT2D eigenvalue weighted by Crippen LogP contribution is 2.40. The average Bonchev–Trinajstić information content (AvgIpc) is 2.92. The first-order valence-corrected chi connectivity index (χ1v) is 12.7. The topological polar surface area (TPSA) is 65.6 Å². The van der Waals surface area contributed by atoms with Crippen LogP contribution in [0.5, 0.6) is 5.75 Å². The van der Waals surface area contributed by atoms with E-state index in [1.807, 2.05) is 24.3 Å². The Morgan fingerprint density at radius 1 is 0.861 bits per heavy atom. The molecule has 1 amide bonds. The third-order valence-electron chi connectivity index (χ3n) is 6.83. The van der Waals surface area contributed by atoms with Crippen LogP contribution >= 0.6 is 12.2 Å². The Balaban J connectivity index is 1.65. The second-order valence-corrected chi connectivity index (χ2v) is 9.31. The molecule has 3 N–H and O–H groups in total. The first-order chi connectivity index (χ1) is 17.5. The summed E-state index contributed by atoms with van der Waals surface area (Å²) in [5.41, 5.74) is 5.70. The van der Waals surface area contributed by atoms with E-state index in [-0.39, 0.29) is 11.9 Å². The minimum atomic E-state index is -0.449. The Bertz CT molecular complexity index is 1320. The van der Waals surface area contributed by atoms with Gasteiger partial charge in [-0.2, -0.15) is 0 Å². The molecule has 7 heteroatoms. The lowest BCUT2D eigenvalue weighted by Gasteiger charge is -2.43. The summed E-state index contributed by atoms with van der Waals surface area (Å²) >= 11 is 5.55. The number of para-hydroxylation sites is 2. The van der Waals surface area contributed by atoms with Crippen molar-refractivity contribution in [2.75, 3.05) is 12.0 Å². The average molecular weight is 499 g/mol. The summed E-state index contributed by atoms with van der Waals surface area (Å²) in [4.78, 5) is 16.2. The van der Waals surface area contributed by atoms with Crippen LogP contribution in [0.3, 0.4) is 0 Å². The van der Waals surface area contributed by atoms with Crippen molar-refractivity contribution < 1.29 is 9.53 Å². The van der Waals surface area contributed by atoms with Crippen LogP contribution in [0, 0.1) is 0 Å². The lowest BCUT2D eigenvalue weighted by atomic mass is 9.92. The molecular weight excluding hydrogens is 468 g/mol. The van der Waals surface area contributed by atoms with E-state index in [2.05, 4.69) is 78.3 Å². The van der Waals surface area contributed by atoms with E-state index in [1.54, 1.807) is 12.0 Å². The van der Waals surface area contributed by atoms with Gasteiger partial charge in [-0.05, 0) is 59.4 Å². The SMILES string of the molecule is CCc1ccc([C@@H]2NC(=S)NC3=C2C(=O)N(c2ccccc2OC)[C@@H](c2ccc(CC)cc2)N3)cc1. The third-order valence-corrected chi connectivity index (χ3v) is 7.05. The Hall–Kier alpha value is -3.84. The van der Waals surface area contributed by atoms with Gasteiger partial charge in [-0.1, -0.05) is 74.5 Å². The van der Waals surface area contributed by atoms with Gasteiger partial charge in [0.2, 0.25) is 0 Å². The van der Waals surface area contributed by atoms with Crippen molar-refractivity contribution in [3.63, 3.8) is 0 Å². The molecule has 2 aliphatic rings. The molecule has 0 fully saturated rings. The molecule has 3 aromatic carbocycles. The van der Waals surface area contributed by atoms with Crippen molar-refractivity contribution in [1.29, 1.82) is 0 Å². The van der Waals surface area contributed by atoms with Crippen LogP contribution in [0.1, 0.15) is 48.3 Å². The molecule has 36 heavy (non-hydrogen) atoms. The summed E-state index contributed by atoms with van der Waals surface area (Å²) in [5, 5.41) is 10.6. The number of nitrogens with zero attached hydrogens (tertiary/aromatic N) is 1. The molecule has 2 aliphatic heterocycles. The van der Waals surface area contributed by atoms with E-state index < -0.39 is 6.17 Å². The predicted octanol–water partition coefficient (Wildman–Crippen LogP) is 4.89. The first kappa shape index (κ1) is 23.9. The van der Waals surface area contributed by atoms with E-state index in [1.165, 1.54) is 11.1 Å². The molecular formula is C29H30N4O2S. The fourth-order valence-electron chi connectivity index (χ4n) is 4.80. The summed E-state index contributed by atoms with van der Waals surface area (Å²) in [6.07, 6.45) is 1.45. The Morgan fingerprint density at radius 2 is 1.47 bits per heavy atom. The number of methoxy groups -OCH3 is 1. The Morgan fingerprint density at radius 3 is 2.08 bits per heavy atom. The van der Waals surface area contributed by atoms with Crippen molar-refractivity contribution in [3.8, 4) is 5.75 Å². The van der Waals surface area contributed by atoms with Crippen LogP contribution in [0.4, 0.5) is 5.69 Å². The van der Waals surface area contributed by atoms with Crippen LogP contribution in [0.15, 0.2) is 84.2 Å². The lowest BCUT2D eigenvalue weighted by molar-refractivity contribution is -0.116. The van der Waals surface area contributed by atoms with E-state index in [4.69, 9.17) is 17.0 Å². The minimum Gasteiger partial charge on any atom is -0.495 e. The highest BCUT2D eigenvalue weighted by atomic mass is 32.1. The molecule has 0 bridgehead atoms. The number of carbonyl (C=O) groups is 1. The molecule has 0 aliphatic carbocycles. The van der Waals surface area contributed by atoms with Gasteiger partial charge in [0.05, 0.1) is 24.4 Å². The molecule has 3 aromatic rings. The van der Waals surface area contributed by atoms with Crippen molar-refractivity contribution >= 4 is 28.9 Å². The van der Waals surface area contributed by atoms with Crippen LogP contribution in [-0.2, 0) is 17.6 Å². The fraction of sp³-hybridized carbons (Fsp3) is 0.241. The maximum absolute atomic E-state index is 14.4. The van der Waals surface area contributed by atoms with Gasteiger partial charge < -0.3 is 20.7 Å². The zero-order chi connectivity index (χ0) is 25.2. The Kier molecular flexibility index (Phi) is 6.65. The number of ether oxygens (including phenoxy) is 1. The van der Waals surface area contributed by atoms with Crippen molar-refractivity contribution in [2.45, 2.75) is 38.9 Å². The van der Waals surface area contributed by atoms with Gasteiger partial charge in [0.15, 0.2) is 5.11 Å². The number of rotatable bonds is 6. The lowest BCUT2D eigenvalue weighted by Crippen LogP contribution is -2.58. The van der Waals surface area contributed by atoms with E-state index in [0.717, 1.165) is 24.0 Å². The van der Waals surface area contributed by atoms with E-state index in [0.29, 0.717) is 27.9 Å². The molecule has 0 saturated carbocycles. The van der Waals surface area contributed by atoms with Crippen molar-refractivity contribution in [3.05, 3.63) is 106 Å². The molecule has 0 unspecified atom stereocenters. The summed E-state index contributed by atoms with van der Waals surface area (Å²) in [5.74, 6) is 1.14. The van der Waals surface area contributed by atoms with Crippen LogP contribution in [0.25, 0.3) is 0 Å². The van der Waals surface area contributed by atoms with Crippen molar-refractivity contribution in [2.24, 2.45) is 0 Å². The van der Waals surface area contributed by atoms with E-state index in [9.17, 15) is 4.79 Å². The molecule has 0 aromatic heterocycles. The summed E-state index contributed by atoms with van der Waals surface area (Å²) in [6, 6.07) is 23.9. The number of benzene rings is 3. The van der Waals surface area contributed by atoms with Crippen LogP contribution in [-0.4, -0.2) is 18.1 Å². The van der Waals surface area contributed by atoms with Gasteiger partial charge in [-0.25, -0.2) is 0 Å². The summed E-state index contributed by atoms with van der Waals surface area (Å²) in [7, 11) is 1.62. The number of carbonyl (C=O) groups excluding carboxylic acids is 1. The smallest absolute Gasteiger partial charge is 0.262 e. The summed E-state index contributed by atoms with van der Waals surface area (Å²) in [6.45, 7) is 4.25. The van der Waals surface area contributed by atoms with Crippen LogP contribution in [0.2, 0.25) is 0 Å². The number of thiocarbonyl (C=S) groups is 1. The quantitative estimate of drug-likeness (QED) is 0.421. The summed E-state index contributed by atoms with van der Waals surface area (Å²) < 4.78 is 5.67. The normalized spacial score (nSPS) is 19.2. The van der Waals surface area contributed by atoms with Gasteiger partial charge in [-0.3, -0.25) is 9.69 Å². The standard InChI is InChI=1S/C29H30N4O2S/c1-4-18-10-14-20(15-11-18)25-24-26(32-29(36)30-25)31-27(21-16-12-19(5-2)13-17-21)33(28(24)34)22-8-6-7-9-23(22)35-3/h6-17,25,27,31H,4-5H2,1-3H3,(H2,30,32,36)/t25-,27-/m0/s1. The molecule has 184 valence electrons. The van der Waals surface area contributed by atoms with Gasteiger partial charge >= 0.3 is 0 Å². The number of aryl methyl sites for hydroxylation is 2. The molecule has 2 atom stereocenters. The maximum atomic E-state index is 14.4. The van der Waals surface area contributed by atoms with Crippen LogP contribution < -0.4 is 25.6 Å². The molecule has 6 nitrogen and oxygen atoms in total. The predicted molar refractivity (Wildman–Crippen MR) is 147 cm³/mol. The zero-order valence-corrected chi connectivity index (χ0v) is 21.5. The largest absolute Gasteiger partial charge is 0.495 e. The number of nitrogens with one attached hydrogen (secondary N) is 3. The minimum absolute atomic E-state index is 0.120. The second kappa shape index (κ2) is 10.0. The molecule has 0 radical (unpaired) electrons. The highest BCUT2D eigenvalue weighted by Gasteiger charge is 2.43. The maximum Gasteiger partial charge on any atom is 0.262 e. The molecule has 2 heterocycles. The monoisotopic (exact) mass is 498 g/mol. The molecule has 0 spiro atoms. The van der Waals surface area contributed by atoms with Gasteiger partial charge in [0.25, 0.3) is 5.91 Å². The van der Waals surface area contributed by atoms with E-state index >= 15 is 0 Å². The third kappa shape index (κ3) is 4.31. The second-order valence-electron chi connectivity index (χ2n) is 8.90. The number of hydrogen-bond acceptors (Lipinski definition) is 4. The van der Waals surface area contributed by atoms with Gasteiger partial charge in [0.1, 0.15) is 17.7 Å². The number of hydrogen-bond donors (Lipinski definition) is 3. The highest BCUT2D eigenvalue weighted by molar-refractivity contribution is 7.80. The van der Waals surface area contributed by atoms with Gasteiger partial charge in [0, 0.05) is 0 Å². The van der Waals surface area contributed by atoms with Gasteiger partial charge in [-0.15, -0.1) is 0 Å². The molecule has 0 saturated heterocycles. The first-order valence-electron chi connectivity index (χ1n) is 12.3. The molecule has 5 rings (SSSR count). The Labute approximate surface area is 217 Å². The zero-order valence-electron chi connectivity index (χ0n) is 20.7. The number of amides is 1.